The Kier molecular flexibility index (Phi) is 7.80. The van der Waals surface area contributed by atoms with Gasteiger partial charge in [-0.15, -0.1) is 0 Å². The van der Waals surface area contributed by atoms with Crippen LogP contribution in [0.2, 0.25) is 0 Å². The summed E-state index contributed by atoms with van der Waals surface area (Å²) >= 11 is 0. The van der Waals surface area contributed by atoms with Gasteiger partial charge in [0.2, 0.25) is 0 Å². The van der Waals surface area contributed by atoms with Crippen LogP contribution in [0.25, 0.3) is 5.65 Å². The predicted molar refractivity (Wildman–Crippen MR) is 146 cm³/mol. The summed E-state index contributed by atoms with van der Waals surface area (Å²) < 4.78 is 55.8. The van der Waals surface area contributed by atoms with Crippen LogP contribution in [-0.2, 0) is 11.0 Å². The number of fused-ring (bicyclic) bond motifs is 1. The normalized spacial score (nSPS) is 24.1. The van der Waals surface area contributed by atoms with E-state index in [-0.39, 0.29) is 23.6 Å². The second-order valence-corrected chi connectivity index (χ2v) is 12.2. The Labute approximate surface area is 237 Å². The highest BCUT2D eigenvalue weighted by atomic mass is 19.4. The van der Waals surface area contributed by atoms with E-state index in [1.807, 2.05) is 6.07 Å². The third kappa shape index (κ3) is 6.00. The van der Waals surface area contributed by atoms with Crippen LogP contribution in [0.3, 0.4) is 0 Å². The molecule has 3 atom stereocenters. The maximum Gasteiger partial charge on any atom is 0.417 e. The summed E-state index contributed by atoms with van der Waals surface area (Å²) in [5.74, 6) is -0.311. The molecule has 3 aromatic rings. The SMILES string of the molecule is O=C(O)[C@@H](CC1CCC1)N1C[C@H](CN2CCC(c3cnc4ccc(C(F)(F)F)cn34)CC2)[C@@H](c2cccc(F)c2)C1. The predicted octanol–water partition coefficient (Wildman–Crippen LogP) is 6.03. The molecule has 0 spiro atoms. The molecule has 10 heteroatoms. The van der Waals surface area contributed by atoms with Crippen molar-refractivity contribution in [3.05, 3.63) is 71.4 Å². The maximum atomic E-state index is 14.2. The zero-order chi connectivity index (χ0) is 28.7. The lowest BCUT2D eigenvalue weighted by atomic mass is 9.80. The molecule has 2 aliphatic heterocycles. The van der Waals surface area contributed by atoms with Gasteiger partial charge in [0.05, 0.1) is 5.56 Å². The van der Waals surface area contributed by atoms with E-state index in [9.17, 15) is 27.5 Å². The van der Waals surface area contributed by atoms with E-state index in [2.05, 4.69) is 14.8 Å². The summed E-state index contributed by atoms with van der Waals surface area (Å²) in [7, 11) is 0. The zero-order valence-corrected chi connectivity index (χ0v) is 22.9. The fourth-order valence-corrected chi connectivity index (χ4v) is 7.12. The minimum absolute atomic E-state index is 0.0335. The summed E-state index contributed by atoms with van der Waals surface area (Å²) in [6.45, 7) is 3.59. The van der Waals surface area contributed by atoms with Crippen molar-refractivity contribution in [3.8, 4) is 0 Å². The topological polar surface area (TPSA) is 61.1 Å². The Morgan fingerprint density at radius 3 is 2.51 bits per heavy atom. The van der Waals surface area contributed by atoms with Crippen LogP contribution in [0.4, 0.5) is 17.6 Å². The van der Waals surface area contributed by atoms with Gasteiger partial charge in [-0.1, -0.05) is 31.4 Å². The maximum absolute atomic E-state index is 14.2. The lowest BCUT2D eigenvalue weighted by Gasteiger charge is -2.35. The van der Waals surface area contributed by atoms with Gasteiger partial charge >= 0.3 is 12.1 Å². The molecular formula is C31H36F4N4O2. The number of hydrogen-bond donors (Lipinski definition) is 1. The van der Waals surface area contributed by atoms with Crippen LogP contribution >= 0.6 is 0 Å². The first-order valence-electron chi connectivity index (χ1n) is 14.6. The molecule has 1 aliphatic carbocycles. The number of carboxylic acids is 1. The molecule has 41 heavy (non-hydrogen) atoms. The van der Waals surface area contributed by atoms with Gasteiger partial charge in [-0.05, 0) is 74.0 Å². The summed E-state index contributed by atoms with van der Waals surface area (Å²) in [6, 6.07) is 8.63. The smallest absolute Gasteiger partial charge is 0.417 e. The first kappa shape index (κ1) is 28.2. The van der Waals surface area contributed by atoms with Gasteiger partial charge in [0.25, 0.3) is 0 Å². The highest BCUT2D eigenvalue weighted by Crippen LogP contribution is 2.39. The molecule has 6 nitrogen and oxygen atoms in total. The zero-order valence-electron chi connectivity index (χ0n) is 22.9. The summed E-state index contributed by atoms with van der Waals surface area (Å²) in [6.07, 6.45) is 4.03. The summed E-state index contributed by atoms with van der Waals surface area (Å²) in [5.41, 5.74) is 1.53. The van der Waals surface area contributed by atoms with Crippen molar-refractivity contribution < 1.29 is 27.5 Å². The number of benzene rings is 1. The summed E-state index contributed by atoms with van der Waals surface area (Å²) in [5, 5.41) is 10.1. The number of likely N-dealkylation sites (tertiary alicyclic amines) is 2. The second kappa shape index (κ2) is 11.4. The van der Waals surface area contributed by atoms with Gasteiger partial charge in [-0.3, -0.25) is 9.69 Å². The molecule has 0 radical (unpaired) electrons. The number of nitrogens with zero attached hydrogens (tertiary/aromatic N) is 4. The van der Waals surface area contributed by atoms with Crippen molar-refractivity contribution >= 4 is 11.6 Å². The average Bonchev–Trinajstić information content (AvgIpc) is 3.52. The average molecular weight is 573 g/mol. The van der Waals surface area contributed by atoms with Gasteiger partial charge in [0.1, 0.15) is 17.5 Å². The van der Waals surface area contributed by atoms with Gasteiger partial charge in [-0.2, -0.15) is 13.2 Å². The fourth-order valence-electron chi connectivity index (χ4n) is 7.12. The molecule has 3 aliphatic rings. The number of carboxylic acid groups (broad SMARTS) is 1. The number of aromatic nitrogens is 2. The first-order valence-corrected chi connectivity index (χ1v) is 14.6. The van der Waals surface area contributed by atoms with Crippen LogP contribution in [0.5, 0.6) is 0 Å². The van der Waals surface area contributed by atoms with E-state index < -0.39 is 23.8 Å². The number of hydrogen-bond acceptors (Lipinski definition) is 4. The Morgan fingerprint density at radius 1 is 1.07 bits per heavy atom. The van der Waals surface area contributed by atoms with Gasteiger partial charge in [-0.25, -0.2) is 9.37 Å². The van der Waals surface area contributed by atoms with Crippen LogP contribution in [0, 0.1) is 17.7 Å². The summed E-state index contributed by atoms with van der Waals surface area (Å²) in [4.78, 5) is 21.1. The lowest BCUT2D eigenvalue weighted by molar-refractivity contribution is -0.144. The monoisotopic (exact) mass is 572 g/mol. The molecule has 2 saturated heterocycles. The molecule has 1 aromatic carbocycles. The Hall–Kier alpha value is -2.98. The van der Waals surface area contributed by atoms with Crippen molar-refractivity contribution in [1.29, 1.82) is 0 Å². The Balaban J connectivity index is 1.15. The number of alkyl halides is 3. The molecule has 3 fully saturated rings. The molecular weight excluding hydrogens is 536 g/mol. The largest absolute Gasteiger partial charge is 0.480 e. The first-order chi connectivity index (χ1) is 19.7. The van der Waals surface area contributed by atoms with Crippen LogP contribution in [0.15, 0.2) is 48.8 Å². The van der Waals surface area contributed by atoms with Crippen LogP contribution in [0.1, 0.15) is 67.2 Å². The van der Waals surface area contributed by atoms with E-state index in [4.69, 9.17) is 0 Å². The molecule has 2 aromatic heterocycles. The number of aliphatic carboxylic acids is 1. The lowest BCUT2D eigenvalue weighted by Crippen LogP contribution is -2.43. The highest BCUT2D eigenvalue weighted by molar-refractivity contribution is 5.73. The number of carbonyl (C=O) groups is 1. The van der Waals surface area contributed by atoms with E-state index in [1.54, 1.807) is 22.7 Å². The standard InChI is InChI=1S/C31H36F4N4O2/c32-25-6-2-5-22(14-25)26-19-38(27(30(40)41)13-20-3-1-4-20)17-23(26)16-37-11-9-21(10-12-37)28-15-36-29-8-7-24(18-39(28)29)31(33,34)35/h2,5-8,14-15,18,20-21,23,26-27H,1,3-4,9-13,16-17,19H2,(H,40,41)/t23-,26+,27+/m0/s1. The quantitative estimate of drug-likeness (QED) is 0.334. The van der Waals surface area contributed by atoms with Crippen molar-refractivity contribution in [3.63, 3.8) is 0 Å². The van der Waals surface area contributed by atoms with Crippen molar-refractivity contribution in [2.75, 3.05) is 32.7 Å². The third-order valence-corrected chi connectivity index (χ3v) is 9.61. The number of halogens is 4. The van der Waals surface area contributed by atoms with Crippen molar-refractivity contribution in [1.82, 2.24) is 19.2 Å². The number of pyridine rings is 1. The van der Waals surface area contributed by atoms with Gasteiger partial charge < -0.3 is 14.4 Å². The van der Waals surface area contributed by atoms with Gasteiger partial charge in [0.15, 0.2) is 0 Å². The third-order valence-electron chi connectivity index (χ3n) is 9.61. The fraction of sp³-hybridized carbons (Fsp3) is 0.548. The molecule has 4 heterocycles. The molecule has 0 unspecified atom stereocenters. The molecule has 220 valence electrons. The second-order valence-electron chi connectivity index (χ2n) is 12.2. The highest BCUT2D eigenvalue weighted by Gasteiger charge is 2.42. The van der Waals surface area contributed by atoms with E-state index >= 15 is 0 Å². The van der Waals surface area contributed by atoms with E-state index in [1.165, 1.54) is 18.6 Å². The van der Waals surface area contributed by atoms with Gasteiger partial charge in [0, 0.05) is 49.6 Å². The molecule has 1 saturated carbocycles. The Bertz CT molecular complexity index is 1380. The van der Waals surface area contributed by atoms with Crippen LogP contribution in [-0.4, -0.2) is 69.0 Å². The van der Waals surface area contributed by atoms with Crippen molar-refractivity contribution in [2.45, 2.75) is 62.6 Å². The minimum Gasteiger partial charge on any atom is -0.480 e. The molecule has 6 rings (SSSR count). The van der Waals surface area contributed by atoms with E-state index in [0.717, 1.165) is 68.8 Å². The minimum atomic E-state index is -4.41. The number of imidazole rings is 1. The van der Waals surface area contributed by atoms with E-state index in [0.29, 0.717) is 31.1 Å². The van der Waals surface area contributed by atoms with Crippen LogP contribution < -0.4 is 0 Å². The molecule has 1 N–H and O–H groups in total. The number of rotatable bonds is 8. The molecule has 0 amide bonds. The molecule has 0 bridgehead atoms. The Morgan fingerprint density at radius 2 is 1.85 bits per heavy atom. The van der Waals surface area contributed by atoms with Crippen molar-refractivity contribution in [2.24, 2.45) is 11.8 Å². The number of piperidine rings is 1.